The van der Waals surface area contributed by atoms with Crippen LogP contribution in [0.15, 0.2) is 82.0 Å². The van der Waals surface area contributed by atoms with Gasteiger partial charge in [-0.1, -0.05) is 61.0 Å². The van der Waals surface area contributed by atoms with Gasteiger partial charge in [-0.05, 0) is 56.5 Å². The Morgan fingerprint density at radius 3 is 2.24 bits per heavy atom. The molecule has 42 heavy (non-hydrogen) atoms. The van der Waals surface area contributed by atoms with Crippen molar-refractivity contribution in [1.82, 2.24) is 4.90 Å². The van der Waals surface area contributed by atoms with Crippen LogP contribution in [0.25, 0.3) is 22.3 Å². The van der Waals surface area contributed by atoms with E-state index in [4.69, 9.17) is 13.7 Å². The topological polar surface area (TPSA) is 100 Å². The molecule has 0 atom stereocenters. The number of piperazine rings is 1. The normalized spacial score (nSPS) is 14.0. The van der Waals surface area contributed by atoms with Gasteiger partial charge in [0, 0.05) is 37.3 Å². The molecule has 0 aliphatic carbocycles. The maximum absolute atomic E-state index is 13.1. The number of anilines is 1. The van der Waals surface area contributed by atoms with Crippen LogP contribution < -0.4 is 15.1 Å². The molecule has 0 saturated carbocycles. The Morgan fingerprint density at radius 2 is 1.55 bits per heavy atom. The van der Waals surface area contributed by atoms with Crippen molar-refractivity contribution >= 4 is 26.8 Å². The zero-order chi connectivity index (χ0) is 30.1. The quantitative estimate of drug-likeness (QED) is 0.192. The summed E-state index contributed by atoms with van der Waals surface area (Å²) in [6, 6.07) is 24.2. The van der Waals surface area contributed by atoms with E-state index in [0.717, 1.165) is 74.4 Å². The first-order valence-electron chi connectivity index (χ1n) is 14.3. The number of unbranched alkanes of at least 4 members (excludes halogenated alkanes) is 2. The van der Waals surface area contributed by atoms with Crippen molar-refractivity contribution in [2.75, 3.05) is 51.0 Å². The summed E-state index contributed by atoms with van der Waals surface area (Å²) in [6.07, 6.45) is 5.05. The fourth-order valence-corrected chi connectivity index (χ4v) is 5.36. The lowest BCUT2D eigenvalue weighted by atomic mass is 10.0. The minimum absolute atomic E-state index is 0.0641. The molecule has 1 fully saturated rings. The van der Waals surface area contributed by atoms with Crippen molar-refractivity contribution in [2.24, 2.45) is 0 Å². The molecule has 1 aliphatic rings. The van der Waals surface area contributed by atoms with Gasteiger partial charge >= 0.3 is 0 Å². The third-order valence-electron chi connectivity index (χ3n) is 7.48. The average molecular weight is 593 g/mol. The third kappa shape index (κ3) is 8.44. The first-order chi connectivity index (χ1) is 20.2. The SMILES string of the molecule is COc1ccccc1N1CCN(CCCCCc2cccc3c(=O)c(C)c(-c4ccccc4)oc23)CC1.CS(=O)(=O)O. The molecule has 0 amide bonds. The Morgan fingerprint density at radius 1 is 0.881 bits per heavy atom. The molecule has 0 unspecified atom stereocenters. The number of ether oxygens (including phenoxy) is 1. The fourth-order valence-electron chi connectivity index (χ4n) is 5.36. The molecule has 4 aromatic rings. The molecule has 1 aromatic heterocycles. The number of fused-ring (bicyclic) bond motifs is 1. The lowest BCUT2D eigenvalue weighted by Crippen LogP contribution is -2.46. The highest BCUT2D eigenvalue weighted by Gasteiger charge is 2.19. The van der Waals surface area contributed by atoms with E-state index in [2.05, 4.69) is 28.0 Å². The van der Waals surface area contributed by atoms with Gasteiger partial charge in [-0.2, -0.15) is 8.42 Å². The van der Waals surface area contributed by atoms with Crippen LogP contribution in [0.4, 0.5) is 5.69 Å². The number of nitrogens with zero attached hydrogens (tertiary/aromatic N) is 2. The summed E-state index contributed by atoms with van der Waals surface area (Å²) in [5.41, 5.74) is 4.73. The van der Waals surface area contributed by atoms with E-state index < -0.39 is 10.1 Å². The van der Waals surface area contributed by atoms with Gasteiger partial charge in [0.15, 0.2) is 5.43 Å². The Kier molecular flexibility index (Phi) is 10.8. The van der Waals surface area contributed by atoms with Gasteiger partial charge < -0.3 is 14.1 Å². The zero-order valence-electron chi connectivity index (χ0n) is 24.6. The van der Waals surface area contributed by atoms with Gasteiger partial charge in [0.25, 0.3) is 10.1 Å². The van der Waals surface area contributed by atoms with Crippen LogP contribution in [0.3, 0.4) is 0 Å². The zero-order valence-corrected chi connectivity index (χ0v) is 25.4. The molecular weight excluding hydrogens is 552 g/mol. The van der Waals surface area contributed by atoms with Gasteiger partial charge in [-0.15, -0.1) is 0 Å². The first-order valence-corrected chi connectivity index (χ1v) is 16.1. The van der Waals surface area contributed by atoms with Gasteiger partial charge in [0.2, 0.25) is 0 Å². The Hall–Kier alpha value is -3.66. The molecule has 0 bridgehead atoms. The van der Waals surface area contributed by atoms with Crippen molar-refractivity contribution in [1.29, 1.82) is 0 Å². The van der Waals surface area contributed by atoms with E-state index in [-0.39, 0.29) is 5.43 Å². The fraction of sp³-hybridized carbons (Fsp3) is 0.364. The van der Waals surface area contributed by atoms with E-state index in [0.29, 0.717) is 23.0 Å². The number of benzene rings is 3. The summed E-state index contributed by atoms with van der Waals surface area (Å²) in [5, 5.41) is 0.683. The molecule has 1 aliphatic heterocycles. The molecule has 224 valence electrons. The summed E-state index contributed by atoms with van der Waals surface area (Å²) in [4.78, 5) is 18.1. The Labute approximate surface area is 248 Å². The second-order valence-corrected chi connectivity index (χ2v) is 12.1. The van der Waals surface area contributed by atoms with Crippen LogP contribution >= 0.6 is 0 Å². The van der Waals surface area contributed by atoms with Crippen molar-refractivity contribution in [3.8, 4) is 17.1 Å². The number of hydrogen-bond donors (Lipinski definition) is 1. The highest BCUT2D eigenvalue weighted by atomic mass is 32.2. The number of para-hydroxylation sites is 3. The molecule has 1 saturated heterocycles. The highest BCUT2D eigenvalue weighted by molar-refractivity contribution is 7.85. The standard InChI is InChI=1S/C32H36N2O3.CH4O3S/c1-24-30(35)27-16-11-15-26(32(27)37-31(24)25-12-5-3-6-13-25)14-7-4-10-19-33-20-22-34(23-21-33)28-17-8-9-18-29(28)36-2;1-5(2,3)4/h3,5-6,8-9,11-13,15-18H,4,7,10,14,19-23H2,1-2H3;1H3,(H,2,3,4). The second kappa shape index (κ2) is 14.5. The maximum Gasteiger partial charge on any atom is 0.261 e. The highest BCUT2D eigenvalue weighted by Crippen LogP contribution is 2.29. The summed E-state index contributed by atoms with van der Waals surface area (Å²) < 4.78 is 37.8. The molecular formula is C33H40N2O6S. The van der Waals surface area contributed by atoms with E-state index in [1.165, 1.54) is 12.1 Å². The lowest BCUT2D eigenvalue weighted by Gasteiger charge is -2.36. The minimum Gasteiger partial charge on any atom is -0.495 e. The van der Waals surface area contributed by atoms with Crippen LogP contribution in [0, 0.1) is 6.92 Å². The van der Waals surface area contributed by atoms with Gasteiger partial charge in [-0.3, -0.25) is 14.2 Å². The van der Waals surface area contributed by atoms with Crippen molar-refractivity contribution in [3.63, 3.8) is 0 Å². The molecule has 8 nitrogen and oxygen atoms in total. The van der Waals surface area contributed by atoms with Crippen LogP contribution in [0.5, 0.6) is 5.75 Å². The number of hydrogen-bond acceptors (Lipinski definition) is 7. The van der Waals surface area contributed by atoms with Crippen LogP contribution in [0.1, 0.15) is 30.4 Å². The molecule has 5 rings (SSSR count). The monoisotopic (exact) mass is 592 g/mol. The predicted octanol–water partition coefficient (Wildman–Crippen LogP) is 5.82. The second-order valence-electron chi connectivity index (χ2n) is 10.6. The van der Waals surface area contributed by atoms with Gasteiger partial charge in [-0.25, -0.2) is 0 Å². The van der Waals surface area contributed by atoms with Gasteiger partial charge in [0.05, 0.1) is 24.4 Å². The van der Waals surface area contributed by atoms with E-state index >= 15 is 0 Å². The van der Waals surface area contributed by atoms with E-state index in [1.54, 1.807) is 7.11 Å². The van der Waals surface area contributed by atoms with Crippen molar-refractivity contribution < 1.29 is 22.1 Å². The lowest BCUT2D eigenvalue weighted by molar-refractivity contribution is 0.251. The molecule has 3 aromatic carbocycles. The minimum atomic E-state index is -3.67. The predicted molar refractivity (Wildman–Crippen MR) is 169 cm³/mol. The van der Waals surface area contributed by atoms with Crippen molar-refractivity contribution in [2.45, 2.75) is 32.6 Å². The Bertz CT molecular complexity index is 1620. The van der Waals surface area contributed by atoms with Crippen molar-refractivity contribution in [3.05, 3.63) is 94.1 Å². The summed E-state index contributed by atoms with van der Waals surface area (Å²) in [5.74, 6) is 1.63. The summed E-state index contributed by atoms with van der Waals surface area (Å²) in [6.45, 7) is 7.19. The summed E-state index contributed by atoms with van der Waals surface area (Å²) >= 11 is 0. The number of methoxy groups -OCH3 is 1. The molecule has 0 spiro atoms. The van der Waals surface area contributed by atoms with E-state index in [9.17, 15) is 13.2 Å². The van der Waals surface area contributed by atoms with Crippen LogP contribution in [-0.2, 0) is 16.5 Å². The Balaban J connectivity index is 0.000000748. The van der Waals surface area contributed by atoms with Crippen LogP contribution in [-0.4, -0.2) is 64.0 Å². The van der Waals surface area contributed by atoms with Crippen LogP contribution in [0.2, 0.25) is 0 Å². The molecule has 9 heteroatoms. The average Bonchev–Trinajstić information content (AvgIpc) is 2.99. The first kappa shape index (κ1) is 31.3. The third-order valence-corrected chi connectivity index (χ3v) is 7.48. The molecule has 0 radical (unpaired) electrons. The smallest absolute Gasteiger partial charge is 0.261 e. The summed E-state index contributed by atoms with van der Waals surface area (Å²) in [7, 11) is -1.93. The number of aryl methyl sites for hydroxylation is 1. The van der Waals surface area contributed by atoms with E-state index in [1.807, 2.05) is 61.5 Å². The maximum atomic E-state index is 13.1. The largest absolute Gasteiger partial charge is 0.495 e. The molecule has 2 heterocycles. The molecule has 1 N–H and O–H groups in total. The number of rotatable bonds is 9. The van der Waals surface area contributed by atoms with Gasteiger partial charge in [0.1, 0.15) is 17.1 Å².